The van der Waals surface area contributed by atoms with Gasteiger partial charge in [-0.2, -0.15) is 0 Å². The van der Waals surface area contributed by atoms with E-state index in [1.54, 1.807) is 0 Å². The molecule has 1 fully saturated rings. The van der Waals surface area contributed by atoms with Crippen molar-refractivity contribution in [2.24, 2.45) is 0 Å². The quantitative estimate of drug-likeness (QED) is 0.807. The first-order chi connectivity index (χ1) is 8.20. The molecule has 1 aromatic rings. The Kier molecular flexibility index (Phi) is 3.57. The lowest BCUT2D eigenvalue weighted by Crippen LogP contribution is -2.21. The Hall–Kier alpha value is -1.64. The van der Waals surface area contributed by atoms with Gasteiger partial charge in [-0.05, 0) is 24.0 Å². The standard InChI is InChI=1S/C14H17NO2/c1-2-3-4-10-5-7-11(8-6-10)12-9-13(16)15-14(12)17/h5-8,12H,2-4,9H2,1H3,(H,15,16,17). The van der Waals surface area contributed by atoms with Gasteiger partial charge in [-0.15, -0.1) is 0 Å². The van der Waals surface area contributed by atoms with Crippen LogP contribution in [-0.2, 0) is 16.0 Å². The molecule has 3 heteroatoms. The third kappa shape index (κ3) is 2.73. The predicted molar refractivity (Wildman–Crippen MR) is 65.6 cm³/mol. The summed E-state index contributed by atoms with van der Waals surface area (Å²) in [5.74, 6) is -0.630. The molecule has 1 atom stereocenters. The van der Waals surface area contributed by atoms with E-state index in [0.29, 0.717) is 0 Å². The van der Waals surface area contributed by atoms with E-state index < -0.39 is 0 Å². The van der Waals surface area contributed by atoms with Crippen LogP contribution < -0.4 is 5.32 Å². The minimum Gasteiger partial charge on any atom is -0.296 e. The van der Waals surface area contributed by atoms with Gasteiger partial charge < -0.3 is 0 Å². The van der Waals surface area contributed by atoms with Gasteiger partial charge in [0.15, 0.2) is 0 Å². The normalized spacial score (nSPS) is 19.5. The molecule has 0 aliphatic carbocycles. The van der Waals surface area contributed by atoms with Gasteiger partial charge >= 0.3 is 0 Å². The smallest absolute Gasteiger partial charge is 0.234 e. The fourth-order valence-electron chi connectivity index (χ4n) is 2.12. The van der Waals surface area contributed by atoms with E-state index in [1.807, 2.05) is 12.1 Å². The summed E-state index contributed by atoms with van der Waals surface area (Å²) in [5.41, 5.74) is 2.23. The second-order valence-electron chi connectivity index (χ2n) is 4.51. The summed E-state index contributed by atoms with van der Waals surface area (Å²) in [6.07, 6.45) is 3.72. The zero-order valence-corrected chi connectivity index (χ0v) is 10.0. The van der Waals surface area contributed by atoms with Crippen molar-refractivity contribution in [3.63, 3.8) is 0 Å². The lowest BCUT2D eigenvalue weighted by Gasteiger charge is -2.07. The van der Waals surface area contributed by atoms with Gasteiger partial charge in [0.1, 0.15) is 0 Å². The molecule has 2 rings (SSSR count). The molecule has 90 valence electrons. The Labute approximate surface area is 101 Å². The molecule has 1 unspecified atom stereocenters. The number of benzene rings is 1. The molecule has 0 aromatic heterocycles. The van der Waals surface area contributed by atoms with Crippen molar-refractivity contribution in [2.45, 2.75) is 38.5 Å². The molecule has 0 bridgehead atoms. The van der Waals surface area contributed by atoms with Gasteiger partial charge in [-0.25, -0.2) is 0 Å². The van der Waals surface area contributed by atoms with Gasteiger partial charge in [-0.3, -0.25) is 14.9 Å². The number of hydrogen-bond acceptors (Lipinski definition) is 2. The molecule has 1 N–H and O–H groups in total. The van der Waals surface area contributed by atoms with E-state index >= 15 is 0 Å². The summed E-state index contributed by atoms with van der Waals surface area (Å²) in [4.78, 5) is 22.6. The van der Waals surface area contributed by atoms with Crippen LogP contribution in [0.4, 0.5) is 0 Å². The van der Waals surface area contributed by atoms with Crippen molar-refractivity contribution in [3.05, 3.63) is 35.4 Å². The van der Waals surface area contributed by atoms with E-state index in [9.17, 15) is 9.59 Å². The summed E-state index contributed by atoms with van der Waals surface area (Å²) < 4.78 is 0. The monoisotopic (exact) mass is 231 g/mol. The maximum absolute atomic E-state index is 11.5. The third-order valence-electron chi connectivity index (χ3n) is 3.17. The van der Waals surface area contributed by atoms with Crippen LogP contribution in [-0.4, -0.2) is 11.8 Å². The summed E-state index contributed by atoms with van der Waals surface area (Å²) >= 11 is 0. The molecule has 0 spiro atoms. The molecule has 3 nitrogen and oxygen atoms in total. The first-order valence-electron chi connectivity index (χ1n) is 6.13. The highest BCUT2D eigenvalue weighted by molar-refractivity contribution is 6.06. The van der Waals surface area contributed by atoms with Gasteiger partial charge in [0.05, 0.1) is 5.92 Å². The fraction of sp³-hybridized carbons (Fsp3) is 0.429. The van der Waals surface area contributed by atoms with Crippen LogP contribution in [0, 0.1) is 0 Å². The Bertz CT molecular complexity index is 422. The fourth-order valence-corrected chi connectivity index (χ4v) is 2.12. The molecule has 1 saturated heterocycles. The van der Waals surface area contributed by atoms with Gasteiger partial charge in [0, 0.05) is 6.42 Å². The highest BCUT2D eigenvalue weighted by atomic mass is 16.2. The largest absolute Gasteiger partial charge is 0.296 e. The van der Waals surface area contributed by atoms with Crippen molar-refractivity contribution < 1.29 is 9.59 Å². The Balaban J connectivity index is 2.07. The average Bonchev–Trinajstić information content (AvgIpc) is 2.66. The van der Waals surface area contributed by atoms with E-state index in [1.165, 1.54) is 18.4 Å². The molecule has 0 saturated carbocycles. The number of carbonyl (C=O) groups is 2. The Morgan fingerprint density at radius 3 is 2.47 bits per heavy atom. The van der Waals surface area contributed by atoms with E-state index in [-0.39, 0.29) is 24.2 Å². The zero-order valence-electron chi connectivity index (χ0n) is 10.0. The lowest BCUT2D eigenvalue weighted by atomic mass is 9.96. The number of nitrogens with one attached hydrogen (secondary N) is 1. The van der Waals surface area contributed by atoms with Crippen molar-refractivity contribution >= 4 is 11.8 Å². The van der Waals surface area contributed by atoms with E-state index in [2.05, 4.69) is 24.4 Å². The number of unbranched alkanes of at least 4 members (excludes halogenated alkanes) is 1. The molecule has 17 heavy (non-hydrogen) atoms. The third-order valence-corrected chi connectivity index (χ3v) is 3.17. The van der Waals surface area contributed by atoms with E-state index in [4.69, 9.17) is 0 Å². The summed E-state index contributed by atoms with van der Waals surface area (Å²) in [6, 6.07) is 8.05. The predicted octanol–water partition coefficient (Wildman–Crippen LogP) is 2.16. The van der Waals surface area contributed by atoms with Crippen LogP contribution in [0.5, 0.6) is 0 Å². The SMILES string of the molecule is CCCCc1ccc(C2CC(=O)NC2=O)cc1. The van der Waals surface area contributed by atoms with Crippen LogP contribution in [0.25, 0.3) is 0 Å². The Morgan fingerprint density at radius 1 is 1.24 bits per heavy atom. The van der Waals surface area contributed by atoms with Crippen molar-refractivity contribution in [1.82, 2.24) is 5.32 Å². The van der Waals surface area contributed by atoms with Crippen molar-refractivity contribution in [2.75, 3.05) is 0 Å². The van der Waals surface area contributed by atoms with Crippen LogP contribution >= 0.6 is 0 Å². The first-order valence-corrected chi connectivity index (χ1v) is 6.13. The number of amides is 2. The minimum absolute atomic E-state index is 0.170. The summed E-state index contributed by atoms with van der Waals surface area (Å²) in [6.45, 7) is 2.17. The van der Waals surface area contributed by atoms with Gasteiger partial charge in [0.2, 0.25) is 11.8 Å². The molecule has 2 amide bonds. The number of carbonyl (C=O) groups excluding carboxylic acids is 2. The number of rotatable bonds is 4. The molecular formula is C14H17NO2. The number of hydrogen-bond donors (Lipinski definition) is 1. The molecular weight excluding hydrogens is 214 g/mol. The second-order valence-corrected chi connectivity index (χ2v) is 4.51. The average molecular weight is 231 g/mol. The lowest BCUT2D eigenvalue weighted by molar-refractivity contribution is -0.125. The maximum atomic E-state index is 11.5. The number of imide groups is 1. The summed E-state index contributed by atoms with van der Waals surface area (Å²) in [7, 11) is 0. The van der Waals surface area contributed by atoms with Crippen LogP contribution in [0.1, 0.15) is 43.2 Å². The van der Waals surface area contributed by atoms with Crippen LogP contribution in [0.15, 0.2) is 24.3 Å². The molecule has 1 heterocycles. The topological polar surface area (TPSA) is 46.2 Å². The molecule has 1 aliphatic rings. The number of aryl methyl sites for hydroxylation is 1. The zero-order chi connectivity index (χ0) is 12.3. The maximum Gasteiger partial charge on any atom is 0.234 e. The summed E-state index contributed by atoms with van der Waals surface area (Å²) in [5, 5.41) is 2.34. The van der Waals surface area contributed by atoms with Crippen molar-refractivity contribution in [3.8, 4) is 0 Å². The highest BCUT2D eigenvalue weighted by Gasteiger charge is 2.31. The first kappa shape index (κ1) is 11.8. The highest BCUT2D eigenvalue weighted by Crippen LogP contribution is 2.24. The second kappa shape index (κ2) is 5.13. The van der Waals surface area contributed by atoms with Gasteiger partial charge in [-0.1, -0.05) is 37.6 Å². The van der Waals surface area contributed by atoms with Crippen LogP contribution in [0.3, 0.4) is 0 Å². The molecule has 1 aromatic carbocycles. The van der Waals surface area contributed by atoms with Crippen LogP contribution in [0.2, 0.25) is 0 Å². The molecule has 1 aliphatic heterocycles. The van der Waals surface area contributed by atoms with Crippen molar-refractivity contribution in [1.29, 1.82) is 0 Å². The Morgan fingerprint density at radius 2 is 1.94 bits per heavy atom. The minimum atomic E-state index is -0.289. The molecule has 0 radical (unpaired) electrons. The van der Waals surface area contributed by atoms with Gasteiger partial charge in [0.25, 0.3) is 0 Å². The van der Waals surface area contributed by atoms with E-state index in [0.717, 1.165) is 12.0 Å².